The van der Waals surface area contributed by atoms with Crippen molar-refractivity contribution < 1.29 is 0 Å². The molecule has 3 unspecified atom stereocenters. The number of hydrogen-bond donors (Lipinski definition) is 1. The predicted octanol–water partition coefficient (Wildman–Crippen LogP) is 4.99. The average molecular weight is 283 g/mol. The minimum Gasteiger partial charge on any atom is -0.323 e. The Bertz CT molecular complexity index is 557. The van der Waals surface area contributed by atoms with Crippen molar-refractivity contribution in [3.05, 3.63) is 35.4 Å². The van der Waals surface area contributed by atoms with Crippen molar-refractivity contribution in [3.63, 3.8) is 0 Å². The Labute approximate surface area is 129 Å². The van der Waals surface area contributed by atoms with Gasteiger partial charge in [-0.3, -0.25) is 0 Å². The molecule has 1 aromatic rings. The van der Waals surface area contributed by atoms with Gasteiger partial charge >= 0.3 is 0 Å². The van der Waals surface area contributed by atoms with Crippen LogP contribution in [0.25, 0.3) is 0 Å². The Hall–Kier alpha value is -0.820. The van der Waals surface area contributed by atoms with E-state index in [1.54, 1.807) is 0 Å². The number of rotatable bonds is 2. The van der Waals surface area contributed by atoms with E-state index in [-0.39, 0.29) is 6.04 Å². The van der Waals surface area contributed by atoms with Crippen LogP contribution in [0, 0.1) is 29.1 Å². The van der Waals surface area contributed by atoms with Gasteiger partial charge in [-0.1, -0.05) is 38.1 Å². The summed E-state index contributed by atoms with van der Waals surface area (Å²) in [4.78, 5) is 0. The standard InChI is InChI=1S/C20H29N/c1-14-6-4-5-7-16(14)17(21)20-10-15-8-18(2,12-20)11-19(3,9-15)13-20/h4-7,15,17H,8-13,21H2,1-3H3. The highest BCUT2D eigenvalue weighted by atomic mass is 14.8. The summed E-state index contributed by atoms with van der Waals surface area (Å²) in [6.45, 7) is 7.29. The van der Waals surface area contributed by atoms with Crippen molar-refractivity contribution in [2.24, 2.45) is 27.9 Å². The summed E-state index contributed by atoms with van der Waals surface area (Å²) < 4.78 is 0. The zero-order valence-corrected chi connectivity index (χ0v) is 13.8. The third kappa shape index (κ3) is 2.00. The molecule has 4 aliphatic rings. The fourth-order valence-electron chi connectivity index (χ4n) is 7.15. The molecule has 1 aromatic carbocycles. The van der Waals surface area contributed by atoms with E-state index in [1.165, 1.54) is 49.7 Å². The second-order valence-electron chi connectivity index (χ2n) is 9.33. The molecule has 0 aliphatic heterocycles. The summed E-state index contributed by atoms with van der Waals surface area (Å²) in [7, 11) is 0. The molecule has 2 N–H and O–H groups in total. The van der Waals surface area contributed by atoms with Gasteiger partial charge in [0.1, 0.15) is 0 Å². The van der Waals surface area contributed by atoms with Gasteiger partial charge in [-0.15, -0.1) is 0 Å². The first-order valence-corrected chi connectivity index (χ1v) is 8.64. The SMILES string of the molecule is Cc1ccccc1C(N)C12CC3CC(C)(CC(C)(C3)C1)C2. The van der Waals surface area contributed by atoms with E-state index in [4.69, 9.17) is 5.73 Å². The normalized spacial score (nSPS) is 45.8. The highest BCUT2D eigenvalue weighted by Gasteiger charge is 2.61. The minimum atomic E-state index is 0.223. The van der Waals surface area contributed by atoms with Gasteiger partial charge in [0.2, 0.25) is 0 Å². The van der Waals surface area contributed by atoms with Gasteiger partial charge in [0.25, 0.3) is 0 Å². The molecule has 0 amide bonds. The molecule has 114 valence electrons. The Balaban J connectivity index is 1.76. The zero-order chi connectivity index (χ0) is 14.9. The number of aryl methyl sites for hydroxylation is 1. The first-order chi connectivity index (χ1) is 9.83. The van der Waals surface area contributed by atoms with Crippen LogP contribution in [0.3, 0.4) is 0 Å². The van der Waals surface area contributed by atoms with Crippen LogP contribution in [0.4, 0.5) is 0 Å². The first-order valence-electron chi connectivity index (χ1n) is 8.64. The molecule has 3 atom stereocenters. The van der Waals surface area contributed by atoms with Crippen LogP contribution in [-0.4, -0.2) is 0 Å². The van der Waals surface area contributed by atoms with E-state index in [2.05, 4.69) is 45.0 Å². The monoisotopic (exact) mass is 283 g/mol. The fraction of sp³-hybridized carbons (Fsp3) is 0.700. The van der Waals surface area contributed by atoms with E-state index in [9.17, 15) is 0 Å². The Morgan fingerprint density at radius 1 is 1.00 bits per heavy atom. The van der Waals surface area contributed by atoms with Gasteiger partial charge < -0.3 is 5.73 Å². The summed E-state index contributed by atoms with van der Waals surface area (Å²) in [6.07, 6.45) is 8.39. The lowest BCUT2D eigenvalue weighted by atomic mass is 9.39. The van der Waals surface area contributed by atoms with Crippen molar-refractivity contribution in [2.45, 2.75) is 65.3 Å². The Morgan fingerprint density at radius 3 is 2.19 bits per heavy atom. The molecule has 1 nitrogen and oxygen atoms in total. The molecule has 1 heteroatoms. The predicted molar refractivity (Wildman–Crippen MR) is 87.9 cm³/mol. The molecule has 4 bridgehead atoms. The van der Waals surface area contributed by atoms with E-state index in [0.29, 0.717) is 16.2 Å². The lowest BCUT2D eigenvalue weighted by molar-refractivity contribution is -0.154. The third-order valence-corrected chi connectivity index (χ3v) is 6.85. The van der Waals surface area contributed by atoms with Crippen molar-refractivity contribution in [3.8, 4) is 0 Å². The van der Waals surface area contributed by atoms with Crippen LogP contribution in [-0.2, 0) is 0 Å². The van der Waals surface area contributed by atoms with E-state index >= 15 is 0 Å². The summed E-state index contributed by atoms with van der Waals surface area (Å²) in [6, 6.07) is 9.00. The molecular formula is C20H29N. The van der Waals surface area contributed by atoms with E-state index in [1.807, 2.05) is 0 Å². The summed E-state index contributed by atoms with van der Waals surface area (Å²) in [5.41, 5.74) is 11.1. The molecule has 5 rings (SSSR count). The Morgan fingerprint density at radius 2 is 1.62 bits per heavy atom. The molecule has 0 saturated heterocycles. The molecular weight excluding hydrogens is 254 g/mol. The summed E-state index contributed by atoms with van der Waals surface area (Å²) in [5, 5.41) is 0. The van der Waals surface area contributed by atoms with Gasteiger partial charge in [0, 0.05) is 6.04 Å². The molecule has 21 heavy (non-hydrogen) atoms. The van der Waals surface area contributed by atoms with Crippen molar-refractivity contribution in [2.75, 3.05) is 0 Å². The molecule has 0 aromatic heterocycles. The van der Waals surface area contributed by atoms with Crippen LogP contribution >= 0.6 is 0 Å². The van der Waals surface area contributed by atoms with Crippen LogP contribution in [0.15, 0.2) is 24.3 Å². The van der Waals surface area contributed by atoms with Gasteiger partial charge in [0.05, 0.1) is 0 Å². The molecule has 0 radical (unpaired) electrons. The molecule has 4 aliphatic carbocycles. The first kappa shape index (κ1) is 13.8. The third-order valence-electron chi connectivity index (χ3n) is 6.85. The minimum absolute atomic E-state index is 0.223. The van der Waals surface area contributed by atoms with Crippen LogP contribution < -0.4 is 5.73 Å². The number of benzene rings is 1. The second kappa shape index (κ2) is 4.13. The summed E-state index contributed by atoms with van der Waals surface area (Å²) in [5.74, 6) is 0.923. The maximum absolute atomic E-state index is 6.91. The van der Waals surface area contributed by atoms with Gasteiger partial charge in [-0.25, -0.2) is 0 Å². The molecule has 0 spiro atoms. The zero-order valence-electron chi connectivity index (χ0n) is 13.8. The maximum atomic E-state index is 6.91. The maximum Gasteiger partial charge on any atom is 0.0355 e. The van der Waals surface area contributed by atoms with Gasteiger partial charge in [-0.2, -0.15) is 0 Å². The highest BCUT2D eigenvalue weighted by molar-refractivity contribution is 5.31. The Kier molecular flexibility index (Phi) is 2.72. The fourth-order valence-corrected chi connectivity index (χ4v) is 7.15. The summed E-state index contributed by atoms with van der Waals surface area (Å²) >= 11 is 0. The van der Waals surface area contributed by atoms with Gasteiger partial charge in [-0.05, 0) is 78.7 Å². The lowest BCUT2D eigenvalue weighted by Crippen LogP contribution is -2.58. The van der Waals surface area contributed by atoms with Crippen LogP contribution in [0.5, 0.6) is 0 Å². The molecule has 4 saturated carbocycles. The lowest BCUT2D eigenvalue weighted by Gasteiger charge is -2.67. The topological polar surface area (TPSA) is 26.0 Å². The average Bonchev–Trinajstić information content (AvgIpc) is 2.34. The van der Waals surface area contributed by atoms with Gasteiger partial charge in [0.15, 0.2) is 0 Å². The largest absolute Gasteiger partial charge is 0.323 e. The van der Waals surface area contributed by atoms with Crippen molar-refractivity contribution in [1.82, 2.24) is 0 Å². The number of nitrogens with two attached hydrogens (primary N) is 1. The molecule has 4 fully saturated rings. The van der Waals surface area contributed by atoms with Crippen molar-refractivity contribution in [1.29, 1.82) is 0 Å². The van der Waals surface area contributed by atoms with Crippen molar-refractivity contribution >= 4 is 0 Å². The molecule has 0 heterocycles. The second-order valence-corrected chi connectivity index (χ2v) is 9.33. The van der Waals surface area contributed by atoms with E-state index in [0.717, 1.165) is 5.92 Å². The smallest absolute Gasteiger partial charge is 0.0355 e. The van der Waals surface area contributed by atoms with Crippen LogP contribution in [0.2, 0.25) is 0 Å². The quantitative estimate of drug-likeness (QED) is 0.813. The van der Waals surface area contributed by atoms with E-state index < -0.39 is 0 Å². The number of hydrogen-bond acceptors (Lipinski definition) is 1. The highest BCUT2D eigenvalue weighted by Crippen LogP contribution is 2.71. The van der Waals surface area contributed by atoms with Crippen LogP contribution in [0.1, 0.15) is 69.5 Å².